The number of ether oxygens (including phenoxy) is 2. The molecule has 0 radical (unpaired) electrons. The lowest BCUT2D eigenvalue weighted by atomic mass is 9.89. The van der Waals surface area contributed by atoms with Crippen LogP contribution in [0.3, 0.4) is 0 Å². The first-order valence-corrected chi connectivity index (χ1v) is 14.4. The molecule has 6 nitrogen and oxygen atoms in total. The molecule has 0 saturated carbocycles. The first kappa shape index (κ1) is 31.9. The Morgan fingerprint density at radius 1 is 1.00 bits per heavy atom. The number of aliphatic hydroxyl groups is 1. The standard InChI is InChI=1S/C32H42FNO5.CH4/c33-28-14-17-34(22-28)21-27(20-29(35)8-4-5-9-31(36)25-15-18-38-19-16-25)32(37)26-10-12-30(13-11-26)39-23-24-6-2-1-3-7-24;/h1-3,6-7,10-13,25,27-28,32,37H,4-5,8-9,14-23H2;1H4/t27-,28-,32-;/m1./s1. The Labute approximate surface area is 238 Å². The predicted molar refractivity (Wildman–Crippen MR) is 155 cm³/mol. The van der Waals surface area contributed by atoms with Gasteiger partial charge in [0.05, 0.1) is 6.10 Å². The zero-order valence-corrected chi connectivity index (χ0v) is 22.8. The zero-order valence-electron chi connectivity index (χ0n) is 22.8. The van der Waals surface area contributed by atoms with Gasteiger partial charge in [-0.3, -0.25) is 14.5 Å². The largest absolute Gasteiger partial charge is 0.489 e. The van der Waals surface area contributed by atoms with Gasteiger partial charge in [0.15, 0.2) is 0 Å². The van der Waals surface area contributed by atoms with Crippen molar-refractivity contribution in [1.29, 1.82) is 0 Å². The molecule has 0 spiro atoms. The number of carbonyl (C=O) groups is 2. The molecular formula is C33H46FNO5. The molecule has 2 fully saturated rings. The molecule has 2 aliphatic heterocycles. The lowest BCUT2D eigenvalue weighted by molar-refractivity contribution is -0.126. The van der Waals surface area contributed by atoms with E-state index in [9.17, 15) is 19.1 Å². The van der Waals surface area contributed by atoms with Crippen LogP contribution >= 0.6 is 0 Å². The summed E-state index contributed by atoms with van der Waals surface area (Å²) in [4.78, 5) is 27.3. The molecule has 2 aliphatic rings. The monoisotopic (exact) mass is 555 g/mol. The van der Waals surface area contributed by atoms with Crippen molar-refractivity contribution in [3.63, 3.8) is 0 Å². The van der Waals surface area contributed by atoms with Crippen LogP contribution < -0.4 is 4.74 Å². The summed E-state index contributed by atoms with van der Waals surface area (Å²) in [6.07, 6.45) is 2.90. The maximum absolute atomic E-state index is 13.8. The van der Waals surface area contributed by atoms with Crippen LogP contribution in [0.5, 0.6) is 5.75 Å². The molecule has 0 aromatic heterocycles. The van der Waals surface area contributed by atoms with E-state index in [1.54, 1.807) is 0 Å². The van der Waals surface area contributed by atoms with Gasteiger partial charge in [-0.25, -0.2) is 4.39 Å². The van der Waals surface area contributed by atoms with Crippen LogP contribution in [0.1, 0.15) is 76.0 Å². The number of hydrogen-bond donors (Lipinski definition) is 1. The lowest BCUT2D eigenvalue weighted by Gasteiger charge is -2.27. The maximum atomic E-state index is 13.8. The van der Waals surface area contributed by atoms with Gasteiger partial charge in [-0.1, -0.05) is 49.9 Å². The van der Waals surface area contributed by atoms with Crippen LogP contribution in [0, 0.1) is 11.8 Å². The van der Waals surface area contributed by atoms with E-state index in [0.717, 1.165) is 24.0 Å². The van der Waals surface area contributed by atoms with Gasteiger partial charge in [0.25, 0.3) is 0 Å². The fraction of sp³-hybridized carbons (Fsp3) is 0.576. The Hall–Kier alpha value is -2.61. The molecular weight excluding hydrogens is 509 g/mol. The Morgan fingerprint density at radius 2 is 1.70 bits per heavy atom. The van der Waals surface area contributed by atoms with Gasteiger partial charge in [-0.05, 0) is 55.4 Å². The predicted octanol–water partition coefficient (Wildman–Crippen LogP) is 6.11. The SMILES string of the molecule is C.O=C(CCCCC(=O)C1CCOCC1)C[C@H](CN1CC[C@@H](F)C1)[C@H](O)c1ccc(OCc2ccccc2)cc1. The summed E-state index contributed by atoms with van der Waals surface area (Å²) in [5, 5.41) is 11.3. The van der Waals surface area contributed by atoms with Crippen LogP contribution in [-0.4, -0.2) is 60.6 Å². The van der Waals surface area contributed by atoms with E-state index in [-0.39, 0.29) is 37.2 Å². The summed E-state index contributed by atoms with van der Waals surface area (Å²) in [6.45, 7) is 3.23. The summed E-state index contributed by atoms with van der Waals surface area (Å²) in [5.41, 5.74) is 1.79. The molecule has 1 N–H and O–H groups in total. The molecule has 7 heteroatoms. The van der Waals surface area contributed by atoms with Gasteiger partial charge in [0.2, 0.25) is 0 Å². The molecule has 0 aliphatic carbocycles. The summed E-state index contributed by atoms with van der Waals surface area (Å²) >= 11 is 0. The second-order valence-corrected chi connectivity index (χ2v) is 11.0. The van der Waals surface area contributed by atoms with Crippen LogP contribution in [0.15, 0.2) is 54.6 Å². The minimum atomic E-state index is -0.854. The highest BCUT2D eigenvalue weighted by Gasteiger charge is 2.30. The molecule has 220 valence electrons. The maximum Gasteiger partial charge on any atom is 0.136 e. The van der Waals surface area contributed by atoms with Gasteiger partial charge in [-0.15, -0.1) is 0 Å². The van der Waals surface area contributed by atoms with Gasteiger partial charge >= 0.3 is 0 Å². The van der Waals surface area contributed by atoms with Crippen molar-refractivity contribution in [3.05, 3.63) is 65.7 Å². The first-order chi connectivity index (χ1) is 19.0. The Balaban J connectivity index is 0.00000441. The molecule has 2 saturated heterocycles. The number of likely N-dealkylation sites (tertiary alicyclic amines) is 1. The third-order valence-corrected chi connectivity index (χ3v) is 7.92. The van der Waals surface area contributed by atoms with Crippen molar-refractivity contribution < 1.29 is 28.6 Å². The lowest BCUT2D eigenvalue weighted by Crippen LogP contribution is -2.32. The van der Waals surface area contributed by atoms with Gasteiger partial charge in [-0.2, -0.15) is 0 Å². The fourth-order valence-corrected chi connectivity index (χ4v) is 5.57. The van der Waals surface area contributed by atoms with E-state index in [2.05, 4.69) is 0 Å². The van der Waals surface area contributed by atoms with Crippen LogP contribution in [0.4, 0.5) is 4.39 Å². The quantitative estimate of drug-likeness (QED) is 0.267. The van der Waals surface area contributed by atoms with Crippen molar-refractivity contribution in [2.45, 2.75) is 77.7 Å². The molecule has 4 rings (SSSR count). The second kappa shape index (κ2) is 16.6. The molecule has 40 heavy (non-hydrogen) atoms. The minimum Gasteiger partial charge on any atom is -0.489 e. The number of aliphatic hydroxyl groups excluding tert-OH is 1. The highest BCUT2D eigenvalue weighted by molar-refractivity contribution is 5.81. The topological polar surface area (TPSA) is 76.1 Å². The van der Waals surface area contributed by atoms with E-state index in [1.165, 1.54) is 0 Å². The van der Waals surface area contributed by atoms with E-state index in [1.807, 2.05) is 59.5 Å². The molecule has 2 heterocycles. The number of halogens is 1. The fourth-order valence-electron chi connectivity index (χ4n) is 5.57. The van der Waals surface area contributed by atoms with Gasteiger partial charge in [0.1, 0.15) is 30.1 Å². The van der Waals surface area contributed by atoms with Crippen molar-refractivity contribution in [2.75, 3.05) is 32.8 Å². The average molecular weight is 556 g/mol. The van der Waals surface area contributed by atoms with Crippen molar-refractivity contribution in [2.24, 2.45) is 11.8 Å². The average Bonchev–Trinajstić information content (AvgIpc) is 3.39. The number of hydrogen-bond acceptors (Lipinski definition) is 6. The molecule has 3 atom stereocenters. The van der Waals surface area contributed by atoms with Crippen molar-refractivity contribution in [3.8, 4) is 5.75 Å². The molecule has 0 unspecified atom stereocenters. The number of ketones is 2. The summed E-state index contributed by atoms with van der Waals surface area (Å²) in [6, 6.07) is 17.3. The van der Waals surface area contributed by atoms with Gasteiger partial charge in [0, 0.05) is 63.9 Å². The van der Waals surface area contributed by atoms with E-state index < -0.39 is 12.3 Å². The second-order valence-electron chi connectivity index (χ2n) is 11.0. The third kappa shape index (κ3) is 10.1. The number of benzene rings is 2. The molecule has 0 amide bonds. The summed E-state index contributed by atoms with van der Waals surface area (Å²) < 4.78 is 25.0. The Morgan fingerprint density at radius 3 is 2.38 bits per heavy atom. The van der Waals surface area contributed by atoms with Crippen molar-refractivity contribution in [1.82, 2.24) is 4.90 Å². The Kier molecular flexibility index (Phi) is 13.2. The van der Waals surface area contributed by atoms with E-state index >= 15 is 0 Å². The van der Waals surface area contributed by atoms with E-state index in [4.69, 9.17) is 9.47 Å². The number of Topliss-reactive ketones (excluding diaryl/α,β-unsaturated/α-hetero) is 2. The highest BCUT2D eigenvalue weighted by atomic mass is 19.1. The Bertz CT molecular complexity index is 1020. The first-order valence-electron chi connectivity index (χ1n) is 14.4. The van der Waals surface area contributed by atoms with Crippen LogP contribution in [0.2, 0.25) is 0 Å². The molecule has 2 aromatic carbocycles. The number of unbranched alkanes of at least 4 members (excludes halogenated alkanes) is 1. The summed E-state index contributed by atoms with van der Waals surface area (Å²) in [7, 11) is 0. The van der Waals surface area contributed by atoms with Gasteiger partial charge < -0.3 is 14.6 Å². The number of rotatable bonds is 15. The van der Waals surface area contributed by atoms with Crippen LogP contribution in [-0.2, 0) is 20.9 Å². The number of alkyl halides is 1. The molecule has 2 aromatic rings. The number of carbonyl (C=O) groups excluding carboxylic acids is 2. The third-order valence-electron chi connectivity index (χ3n) is 7.92. The minimum absolute atomic E-state index is 0. The summed E-state index contributed by atoms with van der Waals surface area (Å²) in [5.74, 6) is 0.839. The molecule has 0 bridgehead atoms. The highest BCUT2D eigenvalue weighted by Crippen LogP contribution is 2.30. The normalized spacial score (nSPS) is 19.5. The zero-order chi connectivity index (χ0) is 27.5. The van der Waals surface area contributed by atoms with Crippen LogP contribution in [0.25, 0.3) is 0 Å². The van der Waals surface area contributed by atoms with Crippen molar-refractivity contribution >= 4 is 11.6 Å². The number of nitrogens with zero attached hydrogens (tertiary/aromatic N) is 1. The van der Waals surface area contributed by atoms with E-state index in [0.29, 0.717) is 77.3 Å². The smallest absolute Gasteiger partial charge is 0.136 e.